The predicted octanol–water partition coefficient (Wildman–Crippen LogP) is 2.35. The van der Waals surface area contributed by atoms with E-state index >= 15 is 0 Å². The highest BCUT2D eigenvalue weighted by molar-refractivity contribution is 5.92. The summed E-state index contributed by atoms with van der Waals surface area (Å²) in [7, 11) is 0. The minimum Gasteiger partial charge on any atom is -0.478 e. The number of hydrogen-bond donors (Lipinski definition) is 1. The Hall–Kier alpha value is -1.91. The van der Waals surface area contributed by atoms with Crippen molar-refractivity contribution in [3.63, 3.8) is 0 Å². The van der Waals surface area contributed by atoms with E-state index in [2.05, 4.69) is 31.1 Å². The number of benzene rings is 1. The van der Waals surface area contributed by atoms with E-state index in [1.54, 1.807) is 18.2 Å². The molecule has 0 aliphatic rings. The minimum absolute atomic E-state index is 0.232. The average Bonchev–Trinajstić information content (AvgIpc) is 2.70. The topological polar surface area (TPSA) is 68.0 Å². The van der Waals surface area contributed by atoms with Crippen molar-refractivity contribution in [2.75, 3.05) is 0 Å². The van der Waals surface area contributed by atoms with E-state index in [1.165, 1.54) is 0 Å². The van der Waals surface area contributed by atoms with Crippen molar-refractivity contribution in [1.82, 2.24) is 15.0 Å². The smallest absolute Gasteiger partial charge is 0.335 e. The molecule has 0 bridgehead atoms. The van der Waals surface area contributed by atoms with Crippen LogP contribution in [0.15, 0.2) is 18.2 Å². The van der Waals surface area contributed by atoms with E-state index in [4.69, 9.17) is 5.11 Å². The lowest BCUT2D eigenvalue weighted by Gasteiger charge is -2.15. The van der Waals surface area contributed by atoms with Crippen molar-refractivity contribution in [2.45, 2.75) is 26.8 Å². The van der Waals surface area contributed by atoms with Gasteiger partial charge in [-0.3, -0.25) is 0 Å². The molecule has 1 heterocycles. The summed E-state index contributed by atoms with van der Waals surface area (Å²) in [6, 6.07) is 5.12. The highest BCUT2D eigenvalue weighted by Crippen LogP contribution is 2.21. The zero-order valence-electron chi connectivity index (χ0n) is 10.1. The molecule has 0 spiro atoms. The number of aromatic carboxylic acids is 1. The van der Waals surface area contributed by atoms with Gasteiger partial charge in [0.25, 0.3) is 0 Å². The molecule has 90 valence electrons. The van der Waals surface area contributed by atoms with E-state index in [9.17, 15) is 4.79 Å². The van der Waals surface area contributed by atoms with Gasteiger partial charge in [-0.25, -0.2) is 9.48 Å². The van der Waals surface area contributed by atoms with E-state index in [0.717, 1.165) is 5.52 Å². The molecule has 0 saturated carbocycles. The van der Waals surface area contributed by atoms with Gasteiger partial charge in [-0.15, -0.1) is 5.10 Å². The molecule has 0 amide bonds. The normalized spacial score (nSPS) is 13.2. The van der Waals surface area contributed by atoms with Gasteiger partial charge in [0.15, 0.2) is 0 Å². The molecule has 1 atom stereocenters. The van der Waals surface area contributed by atoms with E-state index in [1.807, 2.05) is 4.68 Å². The van der Waals surface area contributed by atoms with Gasteiger partial charge in [-0.2, -0.15) is 0 Å². The van der Waals surface area contributed by atoms with Crippen LogP contribution < -0.4 is 0 Å². The Kier molecular flexibility index (Phi) is 2.83. The molecule has 1 N–H and O–H groups in total. The Labute approximate surface area is 99.1 Å². The molecule has 1 aromatic carbocycles. The van der Waals surface area contributed by atoms with Crippen molar-refractivity contribution in [3.05, 3.63) is 23.8 Å². The fourth-order valence-electron chi connectivity index (χ4n) is 1.66. The zero-order chi connectivity index (χ0) is 12.6. The largest absolute Gasteiger partial charge is 0.478 e. The van der Waals surface area contributed by atoms with Crippen molar-refractivity contribution < 1.29 is 9.90 Å². The van der Waals surface area contributed by atoms with E-state index in [0.29, 0.717) is 11.4 Å². The third-order valence-electron chi connectivity index (χ3n) is 3.07. The molecule has 17 heavy (non-hydrogen) atoms. The first-order valence-corrected chi connectivity index (χ1v) is 5.59. The van der Waals surface area contributed by atoms with Crippen LogP contribution in [0.4, 0.5) is 0 Å². The molecular weight excluding hydrogens is 218 g/mol. The summed E-state index contributed by atoms with van der Waals surface area (Å²) in [6.07, 6.45) is 0. The third kappa shape index (κ3) is 2.00. The molecule has 2 aromatic rings. The summed E-state index contributed by atoms with van der Waals surface area (Å²) in [5.41, 5.74) is 1.73. The quantitative estimate of drug-likeness (QED) is 0.883. The van der Waals surface area contributed by atoms with Crippen molar-refractivity contribution >= 4 is 17.0 Å². The van der Waals surface area contributed by atoms with Gasteiger partial charge in [0.2, 0.25) is 0 Å². The van der Waals surface area contributed by atoms with Crippen molar-refractivity contribution in [3.8, 4) is 0 Å². The number of carboxylic acid groups (broad SMARTS) is 1. The lowest BCUT2D eigenvalue weighted by molar-refractivity contribution is 0.0697. The monoisotopic (exact) mass is 233 g/mol. The zero-order valence-corrected chi connectivity index (χ0v) is 10.1. The Bertz CT molecular complexity index is 560. The summed E-state index contributed by atoms with van der Waals surface area (Å²) in [4.78, 5) is 10.8. The lowest BCUT2D eigenvalue weighted by atomic mass is 10.1. The minimum atomic E-state index is -0.946. The van der Waals surface area contributed by atoms with E-state index < -0.39 is 5.97 Å². The van der Waals surface area contributed by atoms with Crippen LogP contribution in [-0.2, 0) is 0 Å². The number of hydrogen-bond acceptors (Lipinski definition) is 3. The van der Waals surface area contributed by atoms with Crippen LogP contribution in [0, 0.1) is 5.92 Å². The first-order chi connectivity index (χ1) is 8.00. The Morgan fingerprint density at radius 2 is 2.06 bits per heavy atom. The highest BCUT2D eigenvalue weighted by atomic mass is 16.4. The first-order valence-electron chi connectivity index (χ1n) is 5.59. The van der Waals surface area contributed by atoms with Gasteiger partial charge in [-0.05, 0) is 31.0 Å². The maximum absolute atomic E-state index is 10.8. The number of carboxylic acids is 1. The van der Waals surface area contributed by atoms with Gasteiger partial charge < -0.3 is 5.11 Å². The standard InChI is InChI=1S/C12H15N3O2/c1-7(2)8(3)15-11-5-4-9(12(16)17)6-10(11)13-14-15/h4-8H,1-3H3,(H,16,17). The summed E-state index contributed by atoms with van der Waals surface area (Å²) in [6.45, 7) is 6.30. The van der Waals surface area contributed by atoms with E-state index in [-0.39, 0.29) is 11.6 Å². The molecule has 0 fully saturated rings. The van der Waals surface area contributed by atoms with Crippen molar-refractivity contribution in [1.29, 1.82) is 0 Å². The number of aromatic nitrogens is 3. The van der Waals surface area contributed by atoms with Gasteiger partial charge in [0, 0.05) is 0 Å². The fraction of sp³-hybridized carbons (Fsp3) is 0.417. The summed E-state index contributed by atoms with van der Waals surface area (Å²) in [5.74, 6) is -0.502. The second-order valence-electron chi connectivity index (χ2n) is 4.53. The summed E-state index contributed by atoms with van der Waals surface area (Å²) < 4.78 is 1.84. The highest BCUT2D eigenvalue weighted by Gasteiger charge is 2.15. The van der Waals surface area contributed by atoms with Crippen LogP contribution in [0.3, 0.4) is 0 Å². The molecule has 5 heteroatoms. The second-order valence-corrected chi connectivity index (χ2v) is 4.53. The molecule has 1 unspecified atom stereocenters. The maximum atomic E-state index is 10.8. The van der Waals surface area contributed by atoms with Crippen LogP contribution in [0.25, 0.3) is 11.0 Å². The SMILES string of the molecule is CC(C)C(C)n1nnc2cc(C(=O)O)ccc21. The van der Waals surface area contributed by atoms with Crippen LogP contribution in [0.5, 0.6) is 0 Å². The fourth-order valence-corrected chi connectivity index (χ4v) is 1.66. The Balaban J connectivity index is 2.52. The Morgan fingerprint density at radius 1 is 1.35 bits per heavy atom. The number of carbonyl (C=O) groups is 1. The van der Waals surface area contributed by atoms with Gasteiger partial charge in [0.1, 0.15) is 5.52 Å². The molecule has 0 radical (unpaired) electrons. The molecule has 1 aromatic heterocycles. The van der Waals surface area contributed by atoms with Crippen LogP contribution >= 0.6 is 0 Å². The molecule has 0 aliphatic heterocycles. The van der Waals surface area contributed by atoms with Crippen LogP contribution in [0.1, 0.15) is 37.2 Å². The summed E-state index contributed by atoms with van der Waals surface area (Å²) >= 11 is 0. The van der Waals surface area contributed by atoms with Gasteiger partial charge in [-0.1, -0.05) is 19.1 Å². The first kappa shape index (κ1) is 11.6. The molecular formula is C12H15N3O2. The maximum Gasteiger partial charge on any atom is 0.335 e. The summed E-state index contributed by atoms with van der Waals surface area (Å²) in [5, 5.41) is 17.0. The number of fused-ring (bicyclic) bond motifs is 1. The van der Waals surface area contributed by atoms with Crippen LogP contribution in [-0.4, -0.2) is 26.1 Å². The molecule has 5 nitrogen and oxygen atoms in total. The molecule has 0 aliphatic carbocycles. The molecule has 0 saturated heterocycles. The Morgan fingerprint density at radius 3 is 2.65 bits per heavy atom. The van der Waals surface area contributed by atoms with Gasteiger partial charge in [0.05, 0.1) is 17.1 Å². The number of rotatable bonds is 3. The lowest BCUT2D eigenvalue weighted by Crippen LogP contribution is -2.12. The number of nitrogens with zero attached hydrogens (tertiary/aromatic N) is 3. The third-order valence-corrected chi connectivity index (χ3v) is 3.07. The molecule has 2 rings (SSSR count). The predicted molar refractivity (Wildman–Crippen MR) is 64.0 cm³/mol. The van der Waals surface area contributed by atoms with Gasteiger partial charge >= 0.3 is 5.97 Å². The van der Waals surface area contributed by atoms with Crippen LogP contribution in [0.2, 0.25) is 0 Å². The average molecular weight is 233 g/mol. The second kappa shape index (κ2) is 4.16. The van der Waals surface area contributed by atoms with Crippen molar-refractivity contribution in [2.24, 2.45) is 5.92 Å².